The second kappa shape index (κ2) is 8.10. The highest BCUT2D eigenvalue weighted by Gasteiger charge is 2.24. The molecule has 1 fully saturated rings. The van der Waals surface area contributed by atoms with Crippen molar-refractivity contribution >= 4 is 21.6 Å². The topological polar surface area (TPSA) is 75.7 Å². The van der Waals surface area contributed by atoms with Gasteiger partial charge in [-0.25, -0.2) is 13.1 Å². The van der Waals surface area contributed by atoms with Crippen molar-refractivity contribution in [3.63, 3.8) is 0 Å². The summed E-state index contributed by atoms with van der Waals surface area (Å²) >= 11 is 0. The van der Waals surface area contributed by atoms with E-state index in [1.165, 1.54) is 6.07 Å². The maximum Gasteiger partial charge on any atom is 0.240 e. The van der Waals surface area contributed by atoms with Crippen LogP contribution in [0.25, 0.3) is 0 Å². The van der Waals surface area contributed by atoms with E-state index in [9.17, 15) is 13.2 Å². The first-order chi connectivity index (χ1) is 12.9. The summed E-state index contributed by atoms with van der Waals surface area (Å²) in [7, 11) is -3.63. The molecule has 0 aliphatic carbocycles. The molecule has 1 aliphatic rings. The summed E-state index contributed by atoms with van der Waals surface area (Å²) in [6, 6.07) is 12.4. The summed E-state index contributed by atoms with van der Waals surface area (Å²) in [5.41, 5.74) is 2.63. The van der Waals surface area contributed by atoms with Gasteiger partial charge in [0.1, 0.15) is 12.4 Å². The van der Waals surface area contributed by atoms with E-state index in [-0.39, 0.29) is 24.0 Å². The molecule has 27 heavy (non-hydrogen) atoms. The number of rotatable bonds is 7. The van der Waals surface area contributed by atoms with E-state index >= 15 is 0 Å². The number of aryl methyl sites for hydroxylation is 2. The van der Waals surface area contributed by atoms with E-state index in [2.05, 4.69) is 4.72 Å². The molecule has 2 aromatic carbocycles. The Bertz CT molecular complexity index is 941. The van der Waals surface area contributed by atoms with Gasteiger partial charge in [-0.1, -0.05) is 12.1 Å². The molecule has 0 saturated carbocycles. The summed E-state index contributed by atoms with van der Waals surface area (Å²) in [5.74, 6) is 0.796. The van der Waals surface area contributed by atoms with Crippen molar-refractivity contribution < 1.29 is 17.9 Å². The molecule has 1 heterocycles. The van der Waals surface area contributed by atoms with Gasteiger partial charge in [0, 0.05) is 25.2 Å². The first-order valence-electron chi connectivity index (χ1n) is 8.97. The molecule has 1 amide bonds. The van der Waals surface area contributed by atoms with Crippen molar-refractivity contribution in [3.05, 3.63) is 53.6 Å². The van der Waals surface area contributed by atoms with Gasteiger partial charge in [0.05, 0.1) is 4.90 Å². The number of ether oxygens (including phenoxy) is 1. The molecule has 1 N–H and O–H groups in total. The molecule has 144 valence electrons. The summed E-state index contributed by atoms with van der Waals surface area (Å²) in [4.78, 5) is 13.8. The Hall–Kier alpha value is -2.38. The summed E-state index contributed by atoms with van der Waals surface area (Å²) in [6.07, 6.45) is 1.38. The summed E-state index contributed by atoms with van der Waals surface area (Å²) in [6.45, 7) is 4.88. The molecule has 2 aromatic rings. The number of nitrogens with one attached hydrogen (secondary N) is 1. The molecule has 7 heteroatoms. The van der Waals surface area contributed by atoms with Gasteiger partial charge in [-0.3, -0.25) is 4.79 Å². The number of carbonyl (C=O) groups is 1. The Morgan fingerprint density at radius 2 is 1.96 bits per heavy atom. The lowest BCUT2D eigenvalue weighted by atomic mass is 10.2. The van der Waals surface area contributed by atoms with Gasteiger partial charge in [0.2, 0.25) is 15.9 Å². The van der Waals surface area contributed by atoms with E-state index in [4.69, 9.17) is 4.74 Å². The highest BCUT2D eigenvalue weighted by atomic mass is 32.2. The minimum Gasteiger partial charge on any atom is -0.492 e. The third-order valence-corrected chi connectivity index (χ3v) is 5.95. The number of hydrogen-bond acceptors (Lipinski definition) is 4. The molecular formula is C20H24N2O4S. The first kappa shape index (κ1) is 19.4. The van der Waals surface area contributed by atoms with E-state index in [0.717, 1.165) is 23.2 Å². The van der Waals surface area contributed by atoms with Crippen molar-refractivity contribution in [1.29, 1.82) is 0 Å². The largest absolute Gasteiger partial charge is 0.492 e. The van der Waals surface area contributed by atoms with E-state index < -0.39 is 10.0 Å². The van der Waals surface area contributed by atoms with Crippen LogP contribution in [0.3, 0.4) is 0 Å². The van der Waals surface area contributed by atoms with Crippen molar-refractivity contribution in [1.82, 2.24) is 4.72 Å². The average Bonchev–Trinajstić information content (AvgIpc) is 3.04. The minimum atomic E-state index is -3.63. The second-order valence-electron chi connectivity index (χ2n) is 6.66. The predicted molar refractivity (Wildman–Crippen MR) is 105 cm³/mol. The van der Waals surface area contributed by atoms with Gasteiger partial charge >= 0.3 is 0 Å². The van der Waals surface area contributed by atoms with Gasteiger partial charge in [-0.2, -0.15) is 0 Å². The fourth-order valence-electron chi connectivity index (χ4n) is 3.13. The molecule has 3 rings (SSSR count). The molecular weight excluding hydrogens is 364 g/mol. The van der Waals surface area contributed by atoms with Crippen molar-refractivity contribution in [2.24, 2.45) is 0 Å². The zero-order valence-electron chi connectivity index (χ0n) is 15.6. The van der Waals surface area contributed by atoms with E-state index in [1.807, 2.05) is 38.1 Å². The highest BCUT2D eigenvalue weighted by Crippen LogP contribution is 2.27. The highest BCUT2D eigenvalue weighted by molar-refractivity contribution is 7.89. The molecule has 0 bridgehead atoms. The Morgan fingerprint density at radius 1 is 1.15 bits per heavy atom. The molecule has 0 spiro atoms. The van der Waals surface area contributed by atoms with Gasteiger partial charge in [-0.05, 0) is 61.7 Å². The van der Waals surface area contributed by atoms with Crippen LogP contribution in [0.4, 0.5) is 5.69 Å². The number of carbonyl (C=O) groups excluding carboxylic acids is 1. The fraction of sp³-hybridized carbons (Fsp3) is 0.350. The minimum absolute atomic E-state index is 0.0835. The van der Waals surface area contributed by atoms with Crippen molar-refractivity contribution in [2.45, 2.75) is 31.6 Å². The number of sulfonamides is 1. The number of benzene rings is 2. The van der Waals surface area contributed by atoms with Crippen LogP contribution in [0.2, 0.25) is 0 Å². The van der Waals surface area contributed by atoms with Gasteiger partial charge in [0.25, 0.3) is 0 Å². The molecule has 0 radical (unpaired) electrons. The Labute approximate surface area is 160 Å². The van der Waals surface area contributed by atoms with Gasteiger partial charge < -0.3 is 9.64 Å². The Morgan fingerprint density at radius 3 is 2.63 bits per heavy atom. The van der Waals surface area contributed by atoms with Crippen LogP contribution in [0.15, 0.2) is 47.4 Å². The zero-order chi connectivity index (χ0) is 19.4. The van der Waals surface area contributed by atoms with Crippen LogP contribution in [-0.2, 0) is 14.8 Å². The van der Waals surface area contributed by atoms with Crippen LogP contribution in [-0.4, -0.2) is 34.0 Å². The third-order valence-electron chi connectivity index (χ3n) is 4.50. The second-order valence-corrected chi connectivity index (χ2v) is 8.43. The SMILES string of the molecule is Cc1cccc(OCCNS(=O)(=O)c2ccc(N3CCCC3=O)c(C)c2)c1. The Kier molecular flexibility index (Phi) is 5.82. The number of anilines is 1. The molecule has 1 saturated heterocycles. The number of amides is 1. The quantitative estimate of drug-likeness (QED) is 0.740. The number of hydrogen-bond donors (Lipinski definition) is 1. The Balaban J connectivity index is 1.61. The zero-order valence-corrected chi connectivity index (χ0v) is 16.4. The normalized spacial score (nSPS) is 14.6. The number of nitrogens with zero attached hydrogens (tertiary/aromatic N) is 1. The predicted octanol–water partition coefficient (Wildman–Crippen LogP) is 2.79. The van der Waals surface area contributed by atoms with E-state index in [0.29, 0.717) is 18.7 Å². The summed E-state index contributed by atoms with van der Waals surface area (Å²) < 4.78 is 33.1. The van der Waals surface area contributed by atoms with Gasteiger partial charge in [-0.15, -0.1) is 0 Å². The average molecular weight is 388 g/mol. The maximum atomic E-state index is 12.5. The van der Waals surface area contributed by atoms with Crippen molar-refractivity contribution in [3.8, 4) is 5.75 Å². The molecule has 0 aromatic heterocycles. The fourth-order valence-corrected chi connectivity index (χ4v) is 4.23. The first-order valence-corrected chi connectivity index (χ1v) is 10.5. The molecule has 6 nitrogen and oxygen atoms in total. The monoisotopic (exact) mass is 388 g/mol. The van der Waals surface area contributed by atoms with Crippen LogP contribution in [0, 0.1) is 13.8 Å². The summed E-state index contributed by atoms with van der Waals surface area (Å²) in [5, 5.41) is 0. The van der Waals surface area contributed by atoms with Crippen LogP contribution < -0.4 is 14.4 Å². The van der Waals surface area contributed by atoms with Crippen molar-refractivity contribution in [2.75, 3.05) is 24.6 Å². The standard InChI is InChI=1S/C20H24N2O4S/c1-15-5-3-6-17(13-15)26-12-10-21-27(24,25)18-8-9-19(16(2)14-18)22-11-4-7-20(22)23/h3,5-6,8-9,13-14,21H,4,7,10-12H2,1-2H3. The van der Waals surface area contributed by atoms with Crippen LogP contribution in [0.1, 0.15) is 24.0 Å². The maximum absolute atomic E-state index is 12.5. The lowest BCUT2D eigenvalue weighted by molar-refractivity contribution is -0.117. The lowest BCUT2D eigenvalue weighted by Gasteiger charge is -2.19. The lowest BCUT2D eigenvalue weighted by Crippen LogP contribution is -2.29. The third kappa shape index (κ3) is 4.67. The molecule has 0 unspecified atom stereocenters. The molecule has 0 atom stereocenters. The molecule has 1 aliphatic heterocycles. The van der Waals surface area contributed by atoms with Crippen LogP contribution in [0.5, 0.6) is 5.75 Å². The smallest absolute Gasteiger partial charge is 0.240 e. The van der Waals surface area contributed by atoms with E-state index in [1.54, 1.807) is 17.0 Å². The van der Waals surface area contributed by atoms with Crippen LogP contribution >= 0.6 is 0 Å². The van der Waals surface area contributed by atoms with Gasteiger partial charge in [0.15, 0.2) is 0 Å².